The van der Waals surface area contributed by atoms with Gasteiger partial charge in [0, 0.05) is 24.0 Å². The molecule has 4 heterocycles. The fourth-order valence-electron chi connectivity index (χ4n) is 4.27. The molecule has 1 saturated heterocycles. The monoisotopic (exact) mass is 472 g/mol. The highest BCUT2D eigenvalue weighted by atomic mass is 32.1. The second kappa shape index (κ2) is 8.93. The summed E-state index contributed by atoms with van der Waals surface area (Å²) < 4.78 is 1.03. The molecule has 32 heavy (non-hydrogen) atoms. The van der Waals surface area contributed by atoms with Gasteiger partial charge in [0.05, 0.1) is 26.4 Å². The maximum atomic E-state index is 12.5. The third-order valence-corrected chi connectivity index (χ3v) is 7.96. The molecular formula is C22H28N6O2S2. The Kier molecular flexibility index (Phi) is 6.02. The summed E-state index contributed by atoms with van der Waals surface area (Å²) in [6, 6.07) is 4.32. The lowest BCUT2D eigenvalue weighted by Gasteiger charge is -2.33. The Morgan fingerprint density at radius 1 is 1.22 bits per heavy atom. The van der Waals surface area contributed by atoms with Crippen molar-refractivity contribution in [2.24, 2.45) is 0 Å². The summed E-state index contributed by atoms with van der Waals surface area (Å²) in [4.78, 5) is 21.9. The molecule has 1 atom stereocenters. The fraction of sp³-hybridized carbons (Fsp3) is 0.500. The molecule has 0 aromatic carbocycles. The van der Waals surface area contributed by atoms with Crippen molar-refractivity contribution >= 4 is 55.6 Å². The molecule has 0 spiro atoms. The molecule has 3 aromatic heterocycles. The van der Waals surface area contributed by atoms with E-state index in [4.69, 9.17) is 4.98 Å². The van der Waals surface area contributed by atoms with E-state index >= 15 is 0 Å². The Labute approximate surface area is 194 Å². The number of amides is 1. The van der Waals surface area contributed by atoms with Crippen molar-refractivity contribution in [2.75, 3.05) is 23.7 Å². The van der Waals surface area contributed by atoms with Crippen molar-refractivity contribution in [3.8, 4) is 0 Å². The average Bonchev–Trinajstić information content (AvgIpc) is 3.51. The number of hydrogen-bond acceptors (Lipinski definition) is 9. The van der Waals surface area contributed by atoms with Crippen LogP contribution in [0.1, 0.15) is 49.4 Å². The predicted octanol–water partition coefficient (Wildman–Crippen LogP) is 3.69. The van der Waals surface area contributed by atoms with Crippen LogP contribution >= 0.6 is 22.7 Å². The number of aliphatic hydroxyl groups is 1. The molecule has 10 heteroatoms. The van der Waals surface area contributed by atoms with E-state index in [9.17, 15) is 9.90 Å². The lowest BCUT2D eigenvalue weighted by atomic mass is 9.84. The molecule has 0 unspecified atom stereocenters. The maximum Gasteiger partial charge on any atom is 0.252 e. The van der Waals surface area contributed by atoms with Gasteiger partial charge in [0.25, 0.3) is 5.91 Å². The molecule has 8 nitrogen and oxygen atoms in total. The second-order valence-electron chi connectivity index (χ2n) is 8.93. The topological polar surface area (TPSA) is 111 Å². The molecule has 1 aliphatic heterocycles. The Morgan fingerprint density at radius 2 is 2.06 bits per heavy atom. The predicted molar refractivity (Wildman–Crippen MR) is 130 cm³/mol. The summed E-state index contributed by atoms with van der Waals surface area (Å²) in [7, 11) is 0. The molecule has 1 amide bonds. The third-order valence-electron chi connectivity index (χ3n) is 6.20. The minimum Gasteiger partial charge on any atom is -0.390 e. The van der Waals surface area contributed by atoms with Gasteiger partial charge in [-0.25, -0.2) is 4.98 Å². The van der Waals surface area contributed by atoms with E-state index in [1.165, 1.54) is 11.3 Å². The summed E-state index contributed by atoms with van der Waals surface area (Å²) in [5.74, 6) is 1.28. The van der Waals surface area contributed by atoms with Crippen LogP contribution in [0.15, 0.2) is 22.9 Å². The lowest BCUT2D eigenvalue weighted by Crippen LogP contribution is -2.36. The number of carbonyl (C=O) groups excluding carboxylic acids is 1. The van der Waals surface area contributed by atoms with Gasteiger partial charge in [-0.2, -0.15) is 4.98 Å². The highest BCUT2D eigenvalue weighted by Gasteiger charge is 2.29. The summed E-state index contributed by atoms with van der Waals surface area (Å²) in [6.07, 6.45) is 4.35. The first kappa shape index (κ1) is 21.6. The van der Waals surface area contributed by atoms with Crippen LogP contribution < -0.4 is 21.3 Å². The number of aromatic nitrogens is 2. The number of anilines is 3. The van der Waals surface area contributed by atoms with Gasteiger partial charge < -0.3 is 26.4 Å². The molecule has 3 aromatic rings. The van der Waals surface area contributed by atoms with Gasteiger partial charge >= 0.3 is 0 Å². The second-order valence-corrected chi connectivity index (χ2v) is 10.8. The zero-order valence-corrected chi connectivity index (χ0v) is 19.6. The molecule has 170 valence electrons. The SMILES string of the molecule is C[C@]1(O)CC[C@H](Nc2nc(Nc3cc(C(=O)N[C@@H]4CCNC4)cs3)nc3ccsc23)CC1. The first-order valence-electron chi connectivity index (χ1n) is 11.1. The van der Waals surface area contributed by atoms with Crippen LogP contribution in [-0.2, 0) is 0 Å². The van der Waals surface area contributed by atoms with Gasteiger partial charge in [-0.1, -0.05) is 0 Å². The summed E-state index contributed by atoms with van der Waals surface area (Å²) in [5, 5.41) is 28.1. The molecule has 5 N–H and O–H groups in total. The van der Waals surface area contributed by atoms with Gasteiger partial charge in [0.1, 0.15) is 5.82 Å². The van der Waals surface area contributed by atoms with E-state index in [0.717, 1.165) is 66.2 Å². The highest BCUT2D eigenvalue weighted by molar-refractivity contribution is 7.17. The molecule has 5 rings (SSSR count). The maximum absolute atomic E-state index is 12.5. The van der Waals surface area contributed by atoms with Gasteiger partial charge in [0.15, 0.2) is 0 Å². The molecule has 0 bridgehead atoms. The normalized spacial score (nSPS) is 25.7. The number of nitrogens with one attached hydrogen (secondary N) is 4. The van der Waals surface area contributed by atoms with Crippen LogP contribution in [0.2, 0.25) is 0 Å². The largest absolute Gasteiger partial charge is 0.390 e. The molecule has 2 fully saturated rings. The van der Waals surface area contributed by atoms with Crippen molar-refractivity contribution in [1.29, 1.82) is 0 Å². The van der Waals surface area contributed by atoms with E-state index in [2.05, 4.69) is 26.3 Å². The zero-order valence-electron chi connectivity index (χ0n) is 18.0. The van der Waals surface area contributed by atoms with Crippen LogP contribution in [-0.4, -0.2) is 51.8 Å². The Hall–Kier alpha value is -2.27. The zero-order chi connectivity index (χ0) is 22.1. The minimum absolute atomic E-state index is 0.0484. The number of hydrogen-bond donors (Lipinski definition) is 5. The fourth-order valence-corrected chi connectivity index (χ4v) is 5.83. The Bertz CT molecular complexity index is 1090. The van der Waals surface area contributed by atoms with Crippen LogP contribution in [0, 0.1) is 0 Å². The van der Waals surface area contributed by atoms with Crippen LogP contribution in [0.3, 0.4) is 0 Å². The number of carbonyl (C=O) groups is 1. The molecule has 2 aliphatic rings. The summed E-state index contributed by atoms with van der Waals surface area (Å²) in [5.41, 5.74) is 0.974. The van der Waals surface area contributed by atoms with E-state index in [1.54, 1.807) is 11.3 Å². The number of thiophene rings is 2. The molecular weight excluding hydrogens is 444 g/mol. The van der Waals surface area contributed by atoms with Crippen LogP contribution in [0.5, 0.6) is 0 Å². The smallest absolute Gasteiger partial charge is 0.252 e. The first-order valence-corrected chi connectivity index (χ1v) is 12.8. The number of rotatable bonds is 6. The quantitative estimate of drug-likeness (QED) is 0.372. The van der Waals surface area contributed by atoms with Gasteiger partial charge in [-0.15, -0.1) is 22.7 Å². The van der Waals surface area contributed by atoms with E-state index in [1.807, 2.05) is 29.8 Å². The Morgan fingerprint density at radius 3 is 2.84 bits per heavy atom. The number of nitrogens with zero attached hydrogens (tertiary/aromatic N) is 2. The van der Waals surface area contributed by atoms with Gasteiger partial charge in [-0.05, 0) is 63.1 Å². The summed E-state index contributed by atoms with van der Waals surface area (Å²) >= 11 is 3.09. The van der Waals surface area contributed by atoms with Crippen molar-refractivity contribution < 1.29 is 9.90 Å². The van der Waals surface area contributed by atoms with Crippen molar-refractivity contribution in [1.82, 2.24) is 20.6 Å². The van der Waals surface area contributed by atoms with E-state index in [0.29, 0.717) is 11.5 Å². The first-order chi connectivity index (χ1) is 15.4. The molecule has 1 saturated carbocycles. The van der Waals surface area contributed by atoms with E-state index in [-0.39, 0.29) is 18.0 Å². The van der Waals surface area contributed by atoms with Gasteiger partial charge in [0.2, 0.25) is 5.95 Å². The van der Waals surface area contributed by atoms with Crippen molar-refractivity contribution in [2.45, 2.75) is 56.7 Å². The standard InChI is InChI=1S/C22H28N6O2S2/c1-22(30)6-2-14(3-7-22)24-19-18-16(5-9-31-18)26-21(28-19)27-17-10-13(12-32-17)20(29)25-15-4-8-23-11-15/h5,9-10,12,14-15,23,30H,2-4,6-8,11H2,1H3,(H,25,29)(H2,24,26,27,28)/t14-,15-,22-/m1/s1. The van der Waals surface area contributed by atoms with Gasteiger partial charge in [-0.3, -0.25) is 4.79 Å². The number of fused-ring (bicyclic) bond motifs is 1. The van der Waals surface area contributed by atoms with Crippen molar-refractivity contribution in [3.63, 3.8) is 0 Å². The highest BCUT2D eigenvalue weighted by Crippen LogP contribution is 2.33. The molecule has 0 radical (unpaired) electrons. The van der Waals surface area contributed by atoms with Crippen LogP contribution in [0.25, 0.3) is 10.2 Å². The third kappa shape index (κ3) is 4.88. The van der Waals surface area contributed by atoms with Crippen LogP contribution in [0.4, 0.5) is 16.8 Å². The minimum atomic E-state index is -0.563. The lowest BCUT2D eigenvalue weighted by molar-refractivity contribution is 0.0196. The summed E-state index contributed by atoms with van der Waals surface area (Å²) in [6.45, 7) is 3.68. The van der Waals surface area contributed by atoms with Crippen molar-refractivity contribution in [3.05, 3.63) is 28.5 Å². The molecule has 1 aliphatic carbocycles. The van der Waals surface area contributed by atoms with E-state index < -0.39 is 5.60 Å². The Balaban J connectivity index is 1.29. The average molecular weight is 473 g/mol.